The molecule has 0 amide bonds. The second-order valence-electron chi connectivity index (χ2n) is 18.2. The lowest BCUT2D eigenvalue weighted by Gasteiger charge is -2.52. The minimum Gasteiger partial charge on any atom is -0.387 e. The molecule has 9 rings (SSSR count). The maximum absolute atomic E-state index is 12.2. The number of anilines is 2. The van der Waals surface area contributed by atoms with Crippen LogP contribution in [0.4, 0.5) is 11.4 Å². The molecule has 3 N–H and O–H groups in total. The number of nitrogens with one attached hydrogen (secondary N) is 2. The molecule has 0 saturated carbocycles. The molecule has 0 spiro atoms. The summed E-state index contributed by atoms with van der Waals surface area (Å²) >= 11 is 0. The molecule has 67 heavy (non-hydrogen) atoms. The normalized spacial score (nSPS) is 34.2. The highest BCUT2D eigenvalue weighted by Crippen LogP contribution is 2.41. The summed E-state index contributed by atoms with van der Waals surface area (Å²) in [6, 6.07) is 49.4. The molecule has 0 bridgehead atoms. The fourth-order valence-corrected chi connectivity index (χ4v) is 9.90. The molecular weight excluding hydrogens is 849 g/mol. The third-order valence-corrected chi connectivity index (χ3v) is 13.6. The van der Waals surface area contributed by atoms with E-state index in [0.29, 0.717) is 19.4 Å². The molecule has 5 aromatic rings. The van der Waals surface area contributed by atoms with Gasteiger partial charge in [-0.05, 0) is 48.2 Å². The molecule has 16 atom stereocenters. The number of ether oxygens (including phenoxy) is 9. The first-order valence-corrected chi connectivity index (χ1v) is 24.1. The van der Waals surface area contributed by atoms with Gasteiger partial charge in [-0.15, -0.1) is 0 Å². The maximum Gasteiger partial charge on any atom is 0.187 e. The number of benzene rings is 5. The maximum atomic E-state index is 12.2. The van der Waals surface area contributed by atoms with Gasteiger partial charge < -0.3 is 58.4 Å². The van der Waals surface area contributed by atoms with E-state index in [9.17, 15) is 5.11 Å². The van der Waals surface area contributed by atoms with E-state index in [1.165, 1.54) is 0 Å². The molecule has 5 aromatic carbocycles. The van der Waals surface area contributed by atoms with Gasteiger partial charge in [0.15, 0.2) is 25.2 Å². The summed E-state index contributed by atoms with van der Waals surface area (Å²) in [5.41, 5.74) is 4.78. The molecular formula is C55H66N2O10. The third kappa shape index (κ3) is 11.3. The lowest BCUT2D eigenvalue weighted by atomic mass is 9.85. The zero-order valence-electron chi connectivity index (χ0n) is 38.8. The third-order valence-electron chi connectivity index (χ3n) is 13.6. The largest absolute Gasteiger partial charge is 0.387 e. The first-order chi connectivity index (χ1) is 32.9. The van der Waals surface area contributed by atoms with Gasteiger partial charge in [-0.2, -0.15) is 0 Å². The summed E-state index contributed by atoms with van der Waals surface area (Å²) in [5.74, 6) is -0.266. The van der Waals surface area contributed by atoms with Crippen molar-refractivity contribution in [2.75, 3.05) is 17.2 Å². The van der Waals surface area contributed by atoms with Gasteiger partial charge in [0, 0.05) is 28.8 Å². The van der Waals surface area contributed by atoms with Crippen LogP contribution < -0.4 is 10.6 Å². The minimum absolute atomic E-state index is 0.0703. The molecule has 7 unspecified atom stereocenters. The molecule has 0 aliphatic carbocycles. The van der Waals surface area contributed by atoms with Crippen LogP contribution in [0.15, 0.2) is 152 Å². The van der Waals surface area contributed by atoms with Gasteiger partial charge in [-0.25, -0.2) is 0 Å². The Balaban J connectivity index is 0.975. The van der Waals surface area contributed by atoms with Crippen molar-refractivity contribution in [3.63, 3.8) is 0 Å². The van der Waals surface area contributed by atoms with E-state index in [2.05, 4.69) is 62.6 Å². The minimum atomic E-state index is -1.09. The molecule has 4 aliphatic heterocycles. The van der Waals surface area contributed by atoms with E-state index >= 15 is 0 Å². The van der Waals surface area contributed by atoms with E-state index in [1.807, 2.05) is 127 Å². The highest BCUT2D eigenvalue weighted by atomic mass is 16.8. The van der Waals surface area contributed by atoms with Crippen LogP contribution in [0.1, 0.15) is 63.5 Å². The van der Waals surface area contributed by atoms with Crippen molar-refractivity contribution in [2.24, 2.45) is 11.8 Å². The lowest BCUT2D eigenvalue weighted by molar-refractivity contribution is -0.384. The van der Waals surface area contributed by atoms with Crippen molar-refractivity contribution in [1.29, 1.82) is 0 Å². The second kappa shape index (κ2) is 22.6. The first kappa shape index (κ1) is 47.4. The first-order valence-electron chi connectivity index (χ1n) is 24.1. The second-order valence-corrected chi connectivity index (χ2v) is 18.2. The quantitative estimate of drug-likeness (QED) is 0.0823. The Morgan fingerprint density at radius 3 is 1.52 bits per heavy atom. The number of aliphatic hydroxyl groups is 1. The monoisotopic (exact) mass is 914 g/mol. The number of hydrogen-bond acceptors (Lipinski definition) is 12. The Kier molecular flexibility index (Phi) is 16.0. The zero-order valence-corrected chi connectivity index (χ0v) is 38.8. The Morgan fingerprint density at radius 2 is 0.985 bits per heavy atom. The Bertz CT molecular complexity index is 2210. The van der Waals surface area contributed by atoms with Crippen LogP contribution in [0.3, 0.4) is 0 Å². The van der Waals surface area contributed by atoms with Crippen LogP contribution in [-0.4, -0.2) is 91.5 Å². The number of para-hydroxylation sites is 2. The van der Waals surface area contributed by atoms with Gasteiger partial charge in [-0.1, -0.05) is 155 Å². The predicted octanol–water partition coefficient (Wildman–Crippen LogP) is 9.26. The molecule has 356 valence electrons. The number of aliphatic hydroxyl groups excluding tert-OH is 1. The topological polar surface area (TPSA) is 127 Å². The van der Waals surface area contributed by atoms with E-state index < -0.39 is 61.8 Å². The molecule has 4 fully saturated rings. The van der Waals surface area contributed by atoms with Gasteiger partial charge in [0.2, 0.25) is 0 Å². The summed E-state index contributed by atoms with van der Waals surface area (Å²) in [7, 11) is 0. The molecule has 4 saturated heterocycles. The van der Waals surface area contributed by atoms with Crippen molar-refractivity contribution in [2.45, 2.75) is 140 Å². The van der Waals surface area contributed by atoms with Crippen molar-refractivity contribution in [3.05, 3.63) is 168 Å². The molecule has 12 heteroatoms. The van der Waals surface area contributed by atoms with Crippen LogP contribution in [0.25, 0.3) is 0 Å². The van der Waals surface area contributed by atoms with Crippen LogP contribution in [-0.2, 0) is 55.8 Å². The van der Waals surface area contributed by atoms with Gasteiger partial charge in [0.25, 0.3) is 0 Å². The fourth-order valence-electron chi connectivity index (χ4n) is 9.90. The van der Waals surface area contributed by atoms with Gasteiger partial charge >= 0.3 is 0 Å². The predicted molar refractivity (Wildman–Crippen MR) is 255 cm³/mol. The Labute approximate surface area is 395 Å². The average molecular weight is 915 g/mol. The standard InChI is InChI=1S/C55H66N2O10/c1-5-42-48(35(3)45(56-40-28-18-10-19-29-40)53(62-42)60-33-38-24-14-8-15-25-38)65-54-46(57-41-30-20-11-21-31-41)36(4)49(43(6-2)63-54)66-55-51(59-32-37-22-12-7-13-23-37)47(58)50-44(64-55)34-61-52(67-50)39-26-16-9-17-27-39/h7-31,35-36,42-58H,5-6,32-34H2,1-4H3/t35-,36-,42?,43?,44?,45?,46?,47+,48+,49+,50-,51?,52?,53-,54+,55+/m1/s1. The van der Waals surface area contributed by atoms with Crippen molar-refractivity contribution in [1.82, 2.24) is 0 Å². The van der Waals surface area contributed by atoms with Crippen LogP contribution in [0.5, 0.6) is 0 Å². The van der Waals surface area contributed by atoms with Crippen LogP contribution >= 0.6 is 0 Å². The Hall–Kier alpha value is -4.70. The lowest BCUT2D eigenvalue weighted by Crippen LogP contribution is -2.66. The van der Waals surface area contributed by atoms with Gasteiger partial charge in [0.1, 0.15) is 24.4 Å². The van der Waals surface area contributed by atoms with Crippen molar-refractivity contribution >= 4 is 11.4 Å². The van der Waals surface area contributed by atoms with Crippen LogP contribution in [0.2, 0.25) is 0 Å². The van der Waals surface area contributed by atoms with Crippen molar-refractivity contribution < 1.29 is 47.7 Å². The number of hydrogen-bond donors (Lipinski definition) is 3. The fraction of sp³-hybridized carbons (Fsp3) is 0.455. The van der Waals surface area contributed by atoms with Gasteiger partial charge in [-0.3, -0.25) is 0 Å². The summed E-state index contributed by atoms with van der Waals surface area (Å²) in [5, 5.41) is 19.7. The summed E-state index contributed by atoms with van der Waals surface area (Å²) in [6.07, 6.45) is -6.45. The number of fused-ring (bicyclic) bond motifs is 1. The Morgan fingerprint density at radius 1 is 0.522 bits per heavy atom. The summed E-state index contributed by atoms with van der Waals surface area (Å²) < 4.78 is 61.0. The summed E-state index contributed by atoms with van der Waals surface area (Å²) in [4.78, 5) is 0. The van der Waals surface area contributed by atoms with Gasteiger partial charge in [0.05, 0.1) is 56.3 Å². The molecule has 0 aromatic heterocycles. The zero-order chi connectivity index (χ0) is 46.1. The van der Waals surface area contributed by atoms with Crippen molar-refractivity contribution in [3.8, 4) is 0 Å². The molecule has 4 aliphatic rings. The smallest absolute Gasteiger partial charge is 0.187 e. The molecule has 4 heterocycles. The number of rotatable bonds is 17. The van der Waals surface area contributed by atoms with Crippen LogP contribution in [0, 0.1) is 11.8 Å². The van der Waals surface area contributed by atoms with E-state index in [4.69, 9.17) is 42.6 Å². The SMILES string of the molecule is CCC1O[C@@H](OCc2ccccc2)C(Nc2ccccc2)[C@@H](C)[C@@H]1O[C@@H]1OC(CC)[C@@H](O[C@@H]2OC3COC(c4ccccc4)O[C@H]3[C@H](O)C2OCc2ccccc2)[C@H](C)C1Nc1ccccc1. The highest BCUT2D eigenvalue weighted by molar-refractivity contribution is 5.45. The van der Waals surface area contributed by atoms with E-state index in [-0.39, 0.29) is 49.3 Å². The average Bonchev–Trinajstić information content (AvgIpc) is 3.37. The highest BCUT2D eigenvalue weighted by Gasteiger charge is 2.55. The van der Waals surface area contributed by atoms with E-state index in [1.54, 1.807) is 0 Å². The summed E-state index contributed by atoms with van der Waals surface area (Å²) in [6.45, 7) is 9.44. The molecule has 0 radical (unpaired) electrons. The molecule has 12 nitrogen and oxygen atoms in total. The van der Waals surface area contributed by atoms with E-state index in [0.717, 1.165) is 28.1 Å².